The van der Waals surface area contributed by atoms with Gasteiger partial charge in [0, 0.05) is 23.7 Å². The minimum absolute atomic E-state index is 0.188. The Hall–Kier alpha value is -1.59. The minimum Gasteiger partial charge on any atom is -0.368 e. The summed E-state index contributed by atoms with van der Waals surface area (Å²) in [5.41, 5.74) is 6.45. The molecule has 0 bridgehead atoms. The van der Waals surface area contributed by atoms with Gasteiger partial charge in [-0.25, -0.2) is 0 Å². The monoisotopic (exact) mass is 309 g/mol. The Kier molecular flexibility index (Phi) is 3.63. The van der Waals surface area contributed by atoms with Crippen molar-refractivity contribution in [3.63, 3.8) is 0 Å². The van der Waals surface area contributed by atoms with Crippen LogP contribution in [0.5, 0.6) is 0 Å². The number of aromatic nitrogens is 3. The Morgan fingerprint density at radius 2 is 1.80 bits per heavy atom. The topological polar surface area (TPSA) is 67.9 Å². The van der Waals surface area contributed by atoms with E-state index >= 15 is 0 Å². The molecule has 0 radical (unpaired) electrons. The SMILES string of the molecule is Nc1nc(-c2cc(Cl)ccc2Cl)nc(N2CCCC2)n1. The zero-order chi connectivity index (χ0) is 14.1. The first kappa shape index (κ1) is 13.4. The summed E-state index contributed by atoms with van der Waals surface area (Å²) >= 11 is 12.2. The number of anilines is 2. The molecule has 1 aliphatic heterocycles. The van der Waals surface area contributed by atoms with Gasteiger partial charge < -0.3 is 10.6 Å². The molecular weight excluding hydrogens is 297 g/mol. The van der Waals surface area contributed by atoms with Gasteiger partial charge in [-0.2, -0.15) is 15.0 Å². The zero-order valence-corrected chi connectivity index (χ0v) is 12.2. The lowest BCUT2D eigenvalue weighted by Crippen LogP contribution is -2.21. The van der Waals surface area contributed by atoms with Crippen molar-refractivity contribution in [3.05, 3.63) is 28.2 Å². The first-order valence-corrected chi connectivity index (χ1v) is 7.11. The zero-order valence-electron chi connectivity index (χ0n) is 10.7. The smallest absolute Gasteiger partial charge is 0.230 e. The lowest BCUT2D eigenvalue weighted by atomic mass is 10.2. The molecule has 1 aromatic heterocycles. The van der Waals surface area contributed by atoms with Crippen LogP contribution in [0.25, 0.3) is 11.4 Å². The van der Waals surface area contributed by atoms with E-state index in [1.165, 1.54) is 0 Å². The highest BCUT2D eigenvalue weighted by Gasteiger charge is 2.18. The Morgan fingerprint density at radius 1 is 1.05 bits per heavy atom. The normalized spacial score (nSPS) is 14.8. The number of hydrogen-bond donors (Lipinski definition) is 1. The van der Waals surface area contributed by atoms with Crippen LogP contribution < -0.4 is 10.6 Å². The third-order valence-electron chi connectivity index (χ3n) is 3.20. The molecule has 0 saturated carbocycles. The van der Waals surface area contributed by atoms with Gasteiger partial charge in [-0.15, -0.1) is 0 Å². The number of hydrogen-bond acceptors (Lipinski definition) is 5. The van der Waals surface area contributed by atoms with Crippen LogP contribution in [0.1, 0.15) is 12.8 Å². The molecule has 1 aromatic carbocycles. The molecule has 0 aliphatic carbocycles. The number of halogens is 2. The molecule has 0 unspecified atom stereocenters. The van der Waals surface area contributed by atoms with Crippen LogP contribution in [-0.2, 0) is 0 Å². The van der Waals surface area contributed by atoms with Crippen LogP contribution >= 0.6 is 23.2 Å². The number of nitrogens with two attached hydrogens (primary N) is 1. The van der Waals surface area contributed by atoms with E-state index < -0.39 is 0 Å². The lowest BCUT2D eigenvalue weighted by Gasteiger charge is -2.16. The van der Waals surface area contributed by atoms with E-state index in [1.54, 1.807) is 18.2 Å². The van der Waals surface area contributed by atoms with Crippen molar-refractivity contribution in [3.8, 4) is 11.4 Å². The van der Waals surface area contributed by atoms with Crippen molar-refractivity contribution in [2.75, 3.05) is 23.7 Å². The Bertz CT molecular complexity index is 641. The highest BCUT2D eigenvalue weighted by atomic mass is 35.5. The predicted molar refractivity (Wildman–Crippen MR) is 81.1 cm³/mol. The van der Waals surface area contributed by atoms with Crippen molar-refractivity contribution < 1.29 is 0 Å². The van der Waals surface area contributed by atoms with E-state index in [2.05, 4.69) is 19.9 Å². The average molecular weight is 310 g/mol. The minimum atomic E-state index is 0.188. The summed E-state index contributed by atoms with van der Waals surface area (Å²) in [6.45, 7) is 1.87. The number of rotatable bonds is 2. The van der Waals surface area contributed by atoms with Crippen LogP contribution in [0.15, 0.2) is 18.2 Å². The second kappa shape index (κ2) is 5.42. The predicted octanol–water partition coefficient (Wildman–Crippen LogP) is 3.03. The molecule has 7 heteroatoms. The van der Waals surface area contributed by atoms with Gasteiger partial charge in [0.25, 0.3) is 0 Å². The standard InChI is InChI=1S/C13H13Cl2N5/c14-8-3-4-10(15)9(7-8)11-17-12(16)19-13(18-11)20-5-1-2-6-20/h3-4,7H,1-2,5-6H2,(H2,16,17,18,19). The van der Waals surface area contributed by atoms with Crippen LogP contribution in [0, 0.1) is 0 Å². The number of benzene rings is 1. The molecule has 1 saturated heterocycles. The molecule has 0 amide bonds. The van der Waals surface area contributed by atoms with E-state index in [4.69, 9.17) is 28.9 Å². The molecular formula is C13H13Cl2N5. The molecule has 3 rings (SSSR count). The maximum Gasteiger partial charge on any atom is 0.230 e. The fourth-order valence-corrected chi connectivity index (χ4v) is 2.60. The maximum atomic E-state index is 6.18. The van der Waals surface area contributed by atoms with Gasteiger partial charge in [-0.1, -0.05) is 23.2 Å². The maximum absolute atomic E-state index is 6.18. The van der Waals surface area contributed by atoms with Gasteiger partial charge in [0.15, 0.2) is 5.82 Å². The lowest BCUT2D eigenvalue weighted by molar-refractivity contribution is 0.887. The van der Waals surface area contributed by atoms with Crippen molar-refractivity contribution >= 4 is 35.1 Å². The molecule has 0 atom stereocenters. The largest absolute Gasteiger partial charge is 0.368 e. The highest BCUT2D eigenvalue weighted by molar-refractivity contribution is 6.35. The molecule has 1 fully saturated rings. The van der Waals surface area contributed by atoms with Gasteiger partial charge >= 0.3 is 0 Å². The van der Waals surface area contributed by atoms with E-state index in [9.17, 15) is 0 Å². The molecule has 0 spiro atoms. The summed E-state index contributed by atoms with van der Waals surface area (Å²) in [6, 6.07) is 5.17. The molecule has 2 N–H and O–H groups in total. The Balaban J connectivity index is 2.06. The van der Waals surface area contributed by atoms with E-state index in [-0.39, 0.29) is 5.95 Å². The Labute approximate surface area is 126 Å². The fourth-order valence-electron chi connectivity index (χ4n) is 2.23. The summed E-state index contributed by atoms with van der Waals surface area (Å²) in [7, 11) is 0. The quantitative estimate of drug-likeness (QED) is 0.923. The summed E-state index contributed by atoms with van der Waals surface area (Å²) < 4.78 is 0. The third kappa shape index (κ3) is 2.64. The summed E-state index contributed by atoms with van der Waals surface area (Å²) in [5.74, 6) is 1.24. The van der Waals surface area contributed by atoms with Gasteiger partial charge in [0.05, 0.1) is 5.02 Å². The van der Waals surface area contributed by atoms with Crippen LogP contribution in [0.2, 0.25) is 10.0 Å². The molecule has 2 aromatic rings. The number of nitrogen functional groups attached to an aromatic ring is 1. The van der Waals surface area contributed by atoms with Crippen molar-refractivity contribution in [2.45, 2.75) is 12.8 Å². The van der Waals surface area contributed by atoms with Crippen molar-refractivity contribution in [1.82, 2.24) is 15.0 Å². The molecule has 5 nitrogen and oxygen atoms in total. The summed E-state index contributed by atoms with van der Waals surface area (Å²) in [5, 5.41) is 1.11. The molecule has 104 valence electrons. The van der Waals surface area contributed by atoms with Crippen LogP contribution in [0.3, 0.4) is 0 Å². The van der Waals surface area contributed by atoms with Crippen LogP contribution in [-0.4, -0.2) is 28.0 Å². The second-order valence-electron chi connectivity index (χ2n) is 4.64. The van der Waals surface area contributed by atoms with E-state index in [1.807, 2.05) is 0 Å². The fraction of sp³-hybridized carbons (Fsp3) is 0.308. The van der Waals surface area contributed by atoms with Crippen molar-refractivity contribution in [2.24, 2.45) is 0 Å². The van der Waals surface area contributed by atoms with E-state index in [0.717, 1.165) is 25.9 Å². The van der Waals surface area contributed by atoms with Gasteiger partial charge in [-0.3, -0.25) is 0 Å². The summed E-state index contributed by atoms with van der Waals surface area (Å²) in [4.78, 5) is 14.9. The average Bonchev–Trinajstić information content (AvgIpc) is 2.95. The molecule has 1 aliphatic rings. The van der Waals surface area contributed by atoms with Crippen molar-refractivity contribution in [1.29, 1.82) is 0 Å². The van der Waals surface area contributed by atoms with Gasteiger partial charge in [-0.05, 0) is 31.0 Å². The second-order valence-corrected chi connectivity index (χ2v) is 5.48. The van der Waals surface area contributed by atoms with Gasteiger partial charge in [0.1, 0.15) is 0 Å². The number of nitrogens with zero attached hydrogens (tertiary/aromatic N) is 4. The Morgan fingerprint density at radius 3 is 2.55 bits per heavy atom. The van der Waals surface area contributed by atoms with Crippen LogP contribution in [0.4, 0.5) is 11.9 Å². The third-order valence-corrected chi connectivity index (χ3v) is 3.76. The highest BCUT2D eigenvalue weighted by Crippen LogP contribution is 2.29. The van der Waals surface area contributed by atoms with E-state index in [0.29, 0.717) is 27.4 Å². The first-order valence-electron chi connectivity index (χ1n) is 6.35. The molecule has 20 heavy (non-hydrogen) atoms. The summed E-state index contributed by atoms with van der Waals surface area (Å²) in [6.07, 6.45) is 2.28. The first-order chi connectivity index (χ1) is 9.63. The van der Waals surface area contributed by atoms with Gasteiger partial charge in [0.2, 0.25) is 11.9 Å². The molecule has 2 heterocycles.